The van der Waals surface area contributed by atoms with E-state index in [0.29, 0.717) is 0 Å². The van der Waals surface area contributed by atoms with Crippen LogP contribution in [0.4, 0.5) is 18.0 Å². The number of halogens is 3. The van der Waals surface area contributed by atoms with E-state index >= 15 is 0 Å². The van der Waals surface area contributed by atoms with Crippen LogP contribution in [0.2, 0.25) is 0 Å². The number of rotatable bonds is 3. The Hall–Kier alpha value is -1.51. The van der Waals surface area contributed by atoms with Gasteiger partial charge in [0, 0.05) is 0 Å². The van der Waals surface area contributed by atoms with Gasteiger partial charge in [-0.3, -0.25) is 4.79 Å². The lowest BCUT2D eigenvalue weighted by molar-refractivity contribution is -0.142. The van der Waals surface area contributed by atoms with Crippen LogP contribution >= 0.6 is 0 Å². The van der Waals surface area contributed by atoms with Crippen molar-refractivity contribution in [3.05, 3.63) is 0 Å². The minimum absolute atomic E-state index is 0.0313. The van der Waals surface area contributed by atoms with Crippen molar-refractivity contribution in [3.63, 3.8) is 0 Å². The highest BCUT2D eigenvalue weighted by Crippen LogP contribution is 2.14. The molecule has 0 aromatic carbocycles. The number of hydrogen-bond acceptors (Lipinski definition) is 3. The predicted molar refractivity (Wildman–Crippen MR) is 48.3 cm³/mol. The molecule has 0 aromatic rings. The van der Waals surface area contributed by atoms with Crippen LogP contribution in [0.25, 0.3) is 0 Å². The van der Waals surface area contributed by atoms with Gasteiger partial charge in [0.1, 0.15) is 12.5 Å². The van der Waals surface area contributed by atoms with Crippen LogP contribution in [0.3, 0.4) is 0 Å². The number of amides is 2. The van der Waals surface area contributed by atoms with E-state index in [1.54, 1.807) is 5.32 Å². The van der Waals surface area contributed by atoms with Gasteiger partial charge in [0.2, 0.25) is 0 Å². The average Bonchev–Trinajstić information content (AvgIpc) is 2.62. The largest absolute Gasteiger partial charge is 0.481 e. The quantitative estimate of drug-likeness (QED) is 0.660. The van der Waals surface area contributed by atoms with Crippen LogP contribution in [0.5, 0.6) is 0 Å². The Kier molecular flexibility index (Phi) is 4.16. The van der Waals surface area contributed by atoms with Crippen LogP contribution in [0, 0.1) is 5.92 Å². The fraction of sp³-hybridized carbons (Fsp3) is 0.750. The highest BCUT2D eigenvalue weighted by atomic mass is 19.4. The van der Waals surface area contributed by atoms with Crippen molar-refractivity contribution in [3.8, 4) is 0 Å². The van der Waals surface area contributed by atoms with E-state index in [4.69, 9.17) is 9.84 Å². The second kappa shape index (κ2) is 5.21. The fourth-order valence-corrected chi connectivity index (χ4v) is 1.34. The lowest BCUT2D eigenvalue weighted by Crippen LogP contribution is -2.49. The molecule has 17 heavy (non-hydrogen) atoms. The molecule has 1 saturated heterocycles. The monoisotopic (exact) mass is 256 g/mol. The Labute approximate surface area is 94.1 Å². The maximum atomic E-state index is 11.8. The van der Waals surface area contributed by atoms with Crippen molar-refractivity contribution >= 4 is 12.0 Å². The van der Waals surface area contributed by atoms with E-state index < -0.39 is 36.7 Å². The van der Waals surface area contributed by atoms with Gasteiger partial charge in [0.05, 0.1) is 19.3 Å². The summed E-state index contributed by atoms with van der Waals surface area (Å²) in [6.07, 6.45) is -4.50. The lowest BCUT2D eigenvalue weighted by Gasteiger charge is -2.16. The second-order valence-electron chi connectivity index (χ2n) is 3.53. The number of nitrogens with one attached hydrogen (secondary N) is 2. The maximum absolute atomic E-state index is 11.8. The van der Waals surface area contributed by atoms with Crippen LogP contribution in [-0.4, -0.2) is 49.1 Å². The number of urea groups is 1. The summed E-state index contributed by atoms with van der Waals surface area (Å²) >= 11 is 0. The van der Waals surface area contributed by atoms with Gasteiger partial charge in [-0.2, -0.15) is 13.2 Å². The number of hydrogen-bond donors (Lipinski definition) is 3. The normalized spacial score (nSPS) is 24.4. The topological polar surface area (TPSA) is 87.7 Å². The molecule has 1 rings (SSSR count). The van der Waals surface area contributed by atoms with Gasteiger partial charge in [-0.1, -0.05) is 0 Å². The van der Waals surface area contributed by atoms with Gasteiger partial charge in [0.15, 0.2) is 0 Å². The summed E-state index contributed by atoms with van der Waals surface area (Å²) in [5, 5.41) is 12.4. The summed E-state index contributed by atoms with van der Waals surface area (Å²) in [5.41, 5.74) is 0. The predicted octanol–water partition coefficient (Wildman–Crippen LogP) is -0.0525. The van der Waals surface area contributed by atoms with Crippen LogP contribution < -0.4 is 10.6 Å². The van der Waals surface area contributed by atoms with E-state index in [0.717, 1.165) is 0 Å². The van der Waals surface area contributed by atoms with Crippen molar-refractivity contribution < 1.29 is 32.6 Å². The Morgan fingerprint density at radius 3 is 2.53 bits per heavy atom. The molecule has 1 aliphatic heterocycles. The molecule has 2 unspecified atom stereocenters. The molecular formula is C8H11F3N2O4. The summed E-state index contributed by atoms with van der Waals surface area (Å²) in [4.78, 5) is 21.7. The first-order valence-corrected chi connectivity index (χ1v) is 4.71. The minimum Gasteiger partial charge on any atom is -0.481 e. The van der Waals surface area contributed by atoms with Gasteiger partial charge in [-0.15, -0.1) is 0 Å². The number of alkyl halides is 3. The molecule has 2 amide bonds. The molecule has 3 N–H and O–H groups in total. The Morgan fingerprint density at radius 1 is 1.35 bits per heavy atom. The van der Waals surface area contributed by atoms with Crippen molar-refractivity contribution in [2.24, 2.45) is 5.92 Å². The molecule has 0 saturated carbocycles. The van der Waals surface area contributed by atoms with Crippen molar-refractivity contribution in [2.45, 2.75) is 12.2 Å². The first-order chi connectivity index (χ1) is 7.79. The first-order valence-electron chi connectivity index (χ1n) is 4.71. The molecular weight excluding hydrogens is 245 g/mol. The zero-order valence-electron chi connectivity index (χ0n) is 8.58. The lowest BCUT2D eigenvalue weighted by atomic mass is 10.0. The standard InChI is InChI=1S/C8H11F3N2O4/c9-8(10,11)3-12-7(16)13-5-2-17-1-4(5)6(14)15/h4-5H,1-3H2,(H,14,15)(H2,12,13,16). The number of carboxylic acid groups (broad SMARTS) is 1. The van der Waals surface area contributed by atoms with Gasteiger partial charge in [-0.05, 0) is 0 Å². The summed E-state index contributed by atoms with van der Waals surface area (Å²) in [5.74, 6) is -2.10. The Bertz CT molecular complexity index is 308. The minimum atomic E-state index is -4.50. The number of carbonyl (C=O) groups is 2. The zero-order chi connectivity index (χ0) is 13.1. The van der Waals surface area contributed by atoms with E-state index in [9.17, 15) is 22.8 Å². The van der Waals surface area contributed by atoms with Gasteiger partial charge >= 0.3 is 18.2 Å². The summed E-state index contributed by atoms with van der Waals surface area (Å²) in [6, 6.07) is -1.88. The highest BCUT2D eigenvalue weighted by Gasteiger charge is 2.35. The second-order valence-corrected chi connectivity index (χ2v) is 3.53. The molecule has 98 valence electrons. The molecule has 0 radical (unpaired) electrons. The maximum Gasteiger partial charge on any atom is 0.405 e. The molecule has 0 aliphatic carbocycles. The molecule has 2 atom stereocenters. The average molecular weight is 256 g/mol. The molecule has 0 bridgehead atoms. The zero-order valence-corrected chi connectivity index (χ0v) is 8.58. The van der Waals surface area contributed by atoms with E-state index in [-0.39, 0.29) is 13.2 Å². The van der Waals surface area contributed by atoms with E-state index in [1.807, 2.05) is 0 Å². The number of aliphatic carboxylic acids is 1. The van der Waals surface area contributed by atoms with Crippen molar-refractivity contribution in [1.29, 1.82) is 0 Å². The van der Waals surface area contributed by atoms with Gasteiger partial charge < -0.3 is 20.5 Å². The van der Waals surface area contributed by atoms with Gasteiger partial charge in [-0.25, -0.2) is 4.79 Å². The van der Waals surface area contributed by atoms with Crippen molar-refractivity contribution in [1.82, 2.24) is 10.6 Å². The number of ether oxygens (including phenoxy) is 1. The SMILES string of the molecule is O=C(NCC(F)(F)F)NC1COCC1C(=O)O. The molecule has 1 heterocycles. The van der Waals surface area contributed by atoms with Gasteiger partial charge in [0.25, 0.3) is 0 Å². The molecule has 9 heteroatoms. The third-order valence-electron chi connectivity index (χ3n) is 2.16. The summed E-state index contributed by atoms with van der Waals surface area (Å²) < 4.78 is 40.2. The molecule has 0 aromatic heterocycles. The number of carboxylic acids is 1. The fourth-order valence-electron chi connectivity index (χ4n) is 1.34. The first kappa shape index (κ1) is 13.6. The van der Waals surface area contributed by atoms with Crippen LogP contribution in [0.15, 0.2) is 0 Å². The van der Waals surface area contributed by atoms with Crippen molar-refractivity contribution in [2.75, 3.05) is 19.8 Å². The smallest absolute Gasteiger partial charge is 0.405 e. The van der Waals surface area contributed by atoms with E-state index in [2.05, 4.69) is 5.32 Å². The third-order valence-corrected chi connectivity index (χ3v) is 2.16. The molecule has 0 spiro atoms. The third kappa shape index (κ3) is 4.47. The number of carbonyl (C=O) groups excluding carboxylic acids is 1. The van der Waals surface area contributed by atoms with Crippen LogP contribution in [-0.2, 0) is 9.53 Å². The highest BCUT2D eigenvalue weighted by molar-refractivity contribution is 5.77. The Morgan fingerprint density at radius 2 is 2.00 bits per heavy atom. The molecule has 1 aliphatic rings. The summed E-state index contributed by atoms with van der Waals surface area (Å²) in [6.45, 7) is -1.57. The molecule has 6 nitrogen and oxygen atoms in total. The Balaban J connectivity index is 2.38. The van der Waals surface area contributed by atoms with Crippen LogP contribution in [0.1, 0.15) is 0 Å². The molecule has 1 fully saturated rings. The summed E-state index contributed by atoms with van der Waals surface area (Å²) in [7, 11) is 0. The van der Waals surface area contributed by atoms with E-state index in [1.165, 1.54) is 0 Å².